The minimum Gasteiger partial charge on any atom is -0.299 e. The van der Waals surface area contributed by atoms with Gasteiger partial charge in [-0.1, -0.05) is 67.9 Å². The van der Waals surface area contributed by atoms with Crippen molar-refractivity contribution in [2.24, 2.45) is 0 Å². The maximum absolute atomic E-state index is 5.06. The number of aromatic nitrogens is 2. The van der Waals surface area contributed by atoms with Gasteiger partial charge in [0, 0.05) is 22.4 Å². The molecule has 0 spiro atoms. The number of aryl methyl sites for hydroxylation is 4. The predicted octanol–water partition coefficient (Wildman–Crippen LogP) is 7.19. The molecule has 0 aliphatic heterocycles. The van der Waals surface area contributed by atoms with Crippen LogP contribution in [-0.2, 0) is 6.42 Å². The Morgan fingerprint density at radius 3 is 2.21 bits per heavy atom. The molecular formula is C27H26N2. The molecule has 2 heteroatoms. The highest BCUT2D eigenvalue weighted by molar-refractivity contribution is 6.18. The summed E-state index contributed by atoms with van der Waals surface area (Å²) in [5.74, 6) is 0. The summed E-state index contributed by atoms with van der Waals surface area (Å²) in [5, 5.41) is 3.83. The van der Waals surface area contributed by atoms with E-state index in [1.54, 1.807) is 0 Å². The molecule has 0 unspecified atom stereocenters. The Hall–Kier alpha value is -3.13. The van der Waals surface area contributed by atoms with Gasteiger partial charge in [0.2, 0.25) is 0 Å². The van der Waals surface area contributed by atoms with E-state index in [0.717, 1.165) is 18.5 Å². The minimum atomic E-state index is 1.01. The summed E-state index contributed by atoms with van der Waals surface area (Å²) >= 11 is 0. The van der Waals surface area contributed by atoms with E-state index in [2.05, 4.69) is 92.9 Å². The van der Waals surface area contributed by atoms with Gasteiger partial charge in [-0.15, -0.1) is 0 Å². The van der Waals surface area contributed by atoms with Gasteiger partial charge in [0.05, 0.1) is 11.2 Å². The van der Waals surface area contributed by atoms with Gasteiger partial charge in [0.1, 0.15) is 5.65 Å². The SMILES string of the molecule is CCCc1cn2c(n1)c1cccc(-c3c(C)cccc3C)c1c1cccc(C)c12. The smallest absolute Gasteiger partial charge is 0.145 e. The van der Waals surface area contributed by atoms with E-state index in [1.807, 2.05) is 0 Å². The number of pyridine rings is 1. The Balaban J connectivity index is 2.04. The summed E-state index contributed by atoms with van der Waals surface area (Å²) in [5.41, 5.74) is 10.1. The van der Waals surface area contributed by atoms with Crippen LogP contribution in [0.1, 0.15) is 35.7 Å². The van der Waals surface area contributed by atoms with Crippen LogP contribution in [0.2, 0.25) is 0 Å². The molecule has 0 N–H and O–H groups in total. The van der Waals surface area contributed by atoms with Gasteiger partial charge in [-0.3, -0.25) is 4.40 Å². The molecule has 0 saturated carbocycles. The van der Waals surface area contributed by atoms with Crippen molar-refractivity contribution in [1.82, 2.24) is 9.38 Å². The third-order valence-electron chi connectivity index (χ3n) is 6.07. The molecule has 29 heavy (non-hydrogen) atoms. The molecule has 0 saturated heterocycles. The highest BCUT2D eigenvalue weighted by Crippen LogP contribution is 2.39. The molecule has 5 rings (SSSR count). The van der Waals surface area contributed by atoms with Gasteiger partial charge in [-0.25, -0.2) is 4.98 Å². The van der Waals surface area contributed by atoms with Crippen molar-refractivity contribution in [3.8, 4) is 11.1 Å². The highest BCUT2D eigenvalue weighted by atomic mass is 15.0. The van der Waals surface area contributed by atoms with Gasteiger partial charge in [0.25, 0.3) is 0 Å². The molecular weight excluding hydrogens is 352 g/mol. The Kier molecular flexibility index (Phi) is 4.16. The molecule has 2 nitrogen and oxygen atoms in total. The largest absolute Gasteiger partial charge is 0.299 e. The Morgan fingerprint density at radius 1 is 0.793 bits per heavy atom. The number of rotatable bonds is 3. The van der Waals surface area contributed by atoms with Crippen LogP contribution in [-0.4, -0.2) is 9.38 Å². The quantitative estimate of drug-likeness (QED) is 0.304. The maximum Gasteiger partial charge on any atom is 0.145 e. The van der Waals surface area contributed by atoms with Crippen LogP contribution < -0.4 is 0 Å². The van der Waals surface area contributed by atoms with Gasteiger partial charge in [-0.05, 0) is 55.0 Å². The summed E-state index contributed by atoms with van der Waals surface area (Å²) in [6.45, 7) is 8.84. The number of fused-ring (bicyclic) bond motifs is 6. The van der Waals surface area contributed by atoms with Gasteiger partial charge < -0.3 is 0 Å². The number of imidazole rings is 1. The van der Waals surface area contributed by atoms with Crippen LogP contribution in [0.3, 0.4) is 0 Å². The fraction of sp³-hybridized carbons (Fsp3) is 0.222. The van der Waals surface area contributed by atoms with Crippen molar-refractivity contribution in [2.75, 3.05) is 0 Å². The lowest BCUT2D eigenvalue weighted by Gasteiger charge is -2.16. The van der Waals surface area contributed by atoms with Crippen molar-refractivity contribution in [3.05, 3.63) is 83.2 Å². The summed E-state index contributed by atoms with van der Waals surface area (Å²) in [6, 6.07) is 19.9. The van der Waals surface area contributed by atoms with Crippen LogP contribution in [0.25, 0.3) is 38.4 Å². The summed E-state index contributed by atoms with van der Waals surface area (Å²) in [4.78, 5) is 5.06. The normalized spacial score (nSPS) is 11.7. The van der Waals surface area contributed by atoms with Crippen molar-refractivity contribution in [1.29, 1.82) is 0 Å². The highest BCUT2D eigenvalue weighted by Gasteiger charge is 2.17. The molecule has 0 bridgehead atoms. The molecule has 5 aromatic rings. The lowest BCUT2D eigenvalue weighted by molar-refractivity contribution is 0.894. The summed E-state index contributed by atoms with van der Waals surface area (Å²) < 4.78 is 2.31. The maximum atomic E-state index is 5.06. The zero-order valence-electron chi connectivity index (χ0n) is 17.6. The Morgan fingerprint density at radius 2 is 1.45 bits per heavy atom. The minimum absolute atomic E-state index is 1.01. The second kappa shape index (κ2) is 6.73. The fourth-order valence-corrected chi connectivity index (χ4v) is 4.82. The van der Waals surface area contributed by atoms with E-state index in [1.165, 1.54) is 55.2 Å². The lowest BCUT2D eigenvalue weighted by atomic mass is 9.90. The molecule has 0 aliphatic carbocycles. The zero-order valence-corrected chi connectivity index (χ0v) is 17.6. The predicted molar refractivity (Wildman–Crippen MR) is 124 cm³/mol. The van der Waals surface area contributed by atoms with Crippen LogP contribution in [0.4, 0.5) is 0 Å². The summed E-state index contributed by atoms with van der Waals surface area (Å²) in [7, 11) is 0. The molecule has 0 radical (unpaired) electrons. The van der Waals surface area contributed by atoms with Gasteiger partial charge in [-0.2, -0.15) is 0 Å². The monoisotopic (exact) mass is 378 g/mol. The Labute approximate surface area is 171 Å². The first-order valence-electron chi connectivity index (χ1n) is 10.5. The third kappa shape index (κ3) is 2.66. The molecule has 0 aliphatic rings. The number of nitrogens with zero attached hydrogens (tertiary/aromatic N) is 2. The van der Waals surface area contributed by atoms with Crippen LogP contribution in [0.15, 0.2) is 60.8 Å². The average Bonchev–Trinajstić information content (AvgIpc) is 3.12. The van der Waals surface area contributed by atoms with Crippen LogP contribution in [0, 0.1) is 20.8 Å². The van der Waals surface area contributed by atoms with E-state index in [9.17, 15) is 0 Å². The standard InChI is InChI=1S/C27H26N2/c1-5-9-20-16-29-26-19(4)12-7-14-22(26)25-21(13-8-15-23(25)27(29)28-20)24-17(2)10-6-11-18(24)3/h6-8,10-16H,5,9H2,1-4H3. The average molecular weight is 379 g/mol. The topological polar surface area (TPSA) is 17.3 Å². The lowest BCUT2D eigenvalue weighted by Crippen LogP contribution is -1.96. The zero-order chi connectivity index (χ0) is 20.1. The Bertz CT molecular complexity index is 1370. The van der Waals surface area contributed by atoms with Crippen molar-refractivity contribution in [3.63, 3.8) is 0 Å². The van der Waals surface area contributed by atoms with Crippen molar-refractivity contribution >= 4 is 27.3 Å². The van der Waals surface area contributed by atoms with E-state index >= 15 is 0 Å². The molecule has 2 aromatic heterocycles. The second-order valence-electron chi connectivity index (χ2n) is 8.14. The number of para-hydroxylation sites is 1. The van der Waals surface area contributed by atoms with Crippen molar-refractivity contribution in [2.45, 2.75) is 40.5 Å². The first-order valence-corrected chi connectivity index (χ1v) is 10.5. The molecule has 2 heterocycles. The van der Waals surface area contributed by atoms with E-state index in [-0.39, 0.29) is 0 Å². The summed E-state index contributed by atoms with van der Waals surface area (Å²) in [6.07, 6.45) is 4.35. The number of hydrogen-bond acceptors (Lipinski definition) is 1. The molecule has 0 amide bonds. The van der Waals surface area contributed by atoms with Crippen LogP contribution in [0.5, 0.6) is 0 Å². The second-order valence-corrected chi connectivity index (χ2v) is 8.14. The van der Waals surface area contributed by atoms with Crippen LogP contribution >= 0.6 is 0 Å². The van der Waals surface area contributed by atoms with E-state index < -0.39 is 0 Å². The van der Waals surface area contributed by atoms with Gasteiger partial charge in [0.15, 0.2) is 0 Å². The van der Waals surface area contributed by atoms with Crippen molar-refractivity contribution < 1.29 is 0 Å². The molecule has 0 fully saturated rings. The third-order valence-corrected chi connectivity index (χ3v) is 6.07. The van der Waals surface area contributed by atoms with Gasteiger partial charge >= 0.3 is 0 Å². The van der Waals surface area contributed by atoms with E-state index in [0.29, 0.717) is 0 Å². The van der Waals surface area contributed by atoms with E-state index in [4.69, 9.17) is 4.98 Å². The first kappa shape index (κ1) is 17.9. The molecule has 3 aromatic carbocycles. The number of benzene rings is 3. The molecule has 0 atom stereocenters. The fourth-order valence-electron chi connectivity index (χ4n) is 4.82. The first-order chi connectivity index (χ1) is 14.1. The molecule has 144 valence electrons. The number of hydrogen-bond donors (Lipinski definition) is 0.